The molecule has 0 aromatic heterocycles. The standard InChI is InChI=1S/C29H35N3O5/c33-26(12-9-21-7-3-1-4-8-21)31-17-13-22(14-18-31)27(29(35)32-15-5-2-6-16-32)30-28(34)23-10-11-24-25(19-23)37-20-36-24/h1,3-4,7-8,10-11,19,22,27H,2,5-6,9,12-18,20H2,(H,30,34). The molecule has 8 nitrogen and oxygen atoms in total. The van der Waals surface area contributed by atoms with E-state index in [1.165, 1.54) is 0 Å². The molecule has 0 spiro atoms. The minimum Gasteiger partial charge on any atom is -0.454 e. The number of carbonyl (C=O) groups is 3. The van der Waals surface area contributed by atoms with Gasteiger partial charge in [0.15, 0.2) is 11.5 Å². The maximum absolute atomic E-state index is 13.6. The number of amides is 3. The van der Waals surface area contributed by atoms with E-state index in [1.54, 1.807) is 18.2 Å². The molecule has 2 fully saturated rings. The molecule has 196 valence electrons. The van der Waals surface area contributed by atoms with E-state index in [0.717, 1.165) is 44.3 Å². The van der Waals surface area contributed by atoms with Gasteiger partial charge in [0.25, 0.3) is 5.91 Å². The van der Waals surface area contributed by atoms with Crippen LogP contribution in [0.25, 0.3) is 0 Å². The molecule has 0 bridgehead atoms. The zero-order chi connectivity index (χ0) is 25.6. The van der Waals surface area contributed by atoms with Gasteiger partial charge in [-0.1, -0.05) is 30.3 Å². The lowest BCUT2D eigenvalue weighted by Crippen LogP contribution is -2.55. The molecule has 2 aromatic rings. The van der Waals surface area contributed by atoms with E-state index in [1.807, 2.05) is 40.1 Å². The first-order valence-electron chi connectivity index (χ1n) is 13.4. The number of benzene rings is 2. The quantitative estimate of drug-likeness (QED) is 0.623. The van der Waals surface area contributed by atoms with Gasteiger partial charge in [-0.25, -0.2) is 0 Å². The van der Waals surface area contributed by atoms with E-state index in [4.69, 9.17) is 9.47 Å². The van der Waals surface area contributed by atoms with Gasteiger partial charge in [0.1, 0.15) is 6.04 Å². The Balaban J connectivity index is 1.23. The number of nitrogens with zero attached hydrogens (tertiary/aromatic N) is 2. The summed E-state index contributed by atoms with van der Waals surface area (Å²) in [6.45, 7) is 2.79. The molecule has 1 unspecified atom stereocenters. The topological polar surface area (TPSA) is 88.2 Å². The molecule has 3 amide bonds. The summed E-state index contributed by atoms with van der Waals surface area (Å²) in [7, 11) is 0. The van der Waals surface area contributed by atoms with Crippen molar-refractivity contribution in [2.24, 2.45) is 5.92 Å². The summed E-state index contributed by atoms with van der Waals surface area (Å²) in [4.78, 5) is 43.5. The van der Waals surface area contributed by atoms with Crippen LogP contribution in [0.3, 0.4) is 0 Å². The number of aryl methyl sites for hydroxylation is 1. The van der Waals surface area contributed by atoms with Crippen LogP contribution in [0.4, 0.5) is 0 Å². The minimum atomic E-state index is -0.613. The van der Waals surface area contributed by atoms with Crippen LogP contribution in [0, 0.1) is 5.92 Å². The Kier molecular flexibility index (Phi) is 7.92. The molecule has 1 N–H and O–H groups in total. The van der Waals surface area contributed by atoms with Crippen LogP contribution in [0.15, 0.2) is 48.5 Å². The van der Waals surface area contributed by atoms with Crippen molar-refractivity contribution in [2.45, 2.75) is 51.0 Å². The third-order valence-electron chi connectivity index (χ3n) is 7.69. The first-order valence-corrected chi connectivity index (χ1v) is 13.4. The Hall–Kier alpha value is -3.55. The third-order valence-corrected chi connectivity index (χ3v) is 7.69. The first-order chi connectivity index (χ1) is 18.1. The van der Waals surface area contributed by atoms with Gasteiger partial charge in [-0.15, -0.1) is 0 Å². The van der Waals surface area contributed by atoms with E-state index >= 15 is 0 Å². The highest BCUT2D eigenvalue weighted by atomic mass is 16.7. The lowest BCUT2D eigenvalue weighted by Gasteiger charge is -2.38. The number of fused-ring (bicyclic) bond motifs is 1. The summed E-state index contributed by atoms with van der Waals surface area (Å²) in [6, 6.07) is 14.5. The molecule has 37 heavy (non-hydrogen) atoms. The highest BCUT2D eigenvalue weighted by molar-refractivity contribution is 5.98. The summed E-state index contributed by atoms with van der Waals surface area (Å²) < 4.78 is 10.8. The number of hydrogen-bond donors (Lipinski definition) is 1. The highest BCUT2D eigenvalue weighted by Crippen LogP contribution is 2.33. The smallest absolute Gasteiger partial charge is 0.252 e. The van der Waals surface area contributed by atoms with Crippen LogP contribution >= 0.6 is 0 Å². The molecular weight excluding hydrogens is 470 g/mol. The third kappa shape index (κ3) is 6.06. The summed E-state index contributed by atoms with van der Waals surface area (Å²) in [5.41, 5.74) is 1.60. The van der Waals surface area contributed by atoms with Gasteiger partial charge in [-0.05, 0) is 68.2 Å². The van der Waals surface area contributed by atoms with Crippen molar-refractivity contribution < 1.29 is 23.9 Å². The van der Waals surface area contributed by atoms with Gasteiger partial charge in [0, 0.05) is 38.2 Å². The number of likely N-dealkylation sites (tertiary alicyclic amines) is 2. The second-order valence-corrected chi connectivity index (χ2v) is 10.1. The average molecular weight is 506 g/mol. The van der Waals surface area contributed by atoms with Crippen molar-refractivity contribution >= 4 is 17.7 Å². The van der Waals surface area contributed by atoms with Gasteiger partial charge in [-0.2, -0.15) is 0 Å². The molecule has 1 atom stereocenters. The molecule has 0 aliphatic carbocycles. The van der Waals surface area contributed by atoms with Crippen LogP contribution in [-0.4, -0.2) is 66.5 Å². The molecule has 0 saturated carbocycles. The Morgan fingerprint density at radius 1 is 0.865 bits per heavy atom. The largest absolute Gasteiger partial charge is 0.454 e. The van der Waals surface area contributed by atoms with Gasteiger partial charge in [0.05, 0.1) is 0 Å². The molecule has 5 rings (SSSR count). The van der Waals surface area contributed by atoms with Gasteiger partial charge in [-0.3, -0.25) is 14.4 Å². The maximum Gasteiger partial charge on any atom is 0.252 e. The number of rotatable bonds is 7. The molecule has 0 radical (unpaired) electrons. The van der Waals surface area contributed by atoms with Crippen molar-refractivity contribution in [3.8, 4) is 11.5 Å². The molecule has 3 aliphatic heterocycles. The van der Waals surface area contributed by atoms with Crippen molar-refractivity contribution in [1.82, 2.24) is 15.1 Å². The molecule has 2 aromatic carbocycles. The van der Waals surface area contributed by atoms with E-state index < -0.39 is 6.04 Å². The van der Waals surface area contributed by atoms with Crippen LogP contribution in [0.2, 0.25) is 0 Å². The van der Waals surface area contributed by atoms with Gasteiger partial charge < -0.3 is 24.6 Å². The minimum absolute atomic E-state index is 0.0114. The maximum atomic E-state index is 13.6. The SMILES string of the molecule is O=C(NC(C(=O)N1CCCCC1)C1CCN(C(=O)CCc2ccccc2)CC1)c1ccc2c(c1)OCO2. The predicted octanol–water partition coefficient (Wildman–Crippen LogP) is 3.40. The number of hydrogen-bond acceptors (Lipinski definition) is 5. The fourth-order valence-corrected chi connectivity index (χ4v) is 5.49. The number of carbonyl (C=O) groups excluding carboxylic acids is 3. The number of nitrogens with one attached hydrogen (secondary N) is 1. The van der Waals surface area contributed by atoms with Crippen molar-refractivity contribution in [1.29, 1.82) is 0 Å². The average Bonchev–Trinajstić information content (AvgIpc) is 3.43. The van der Waals surface area contributed by atoms with Gasteiger partial charge in [0.2, 0.25) is 18.6 Å². The van der Waals surface area contributed by atoms with Crippen LogP contribution in [0.5, 0.6) is 11.5 Å². The zero-order valence-electron chi connectivity index (χ0n) is 21.2. The molecule has 3 aliphatic rings. The second kappa shape index (κ2) is 11.7. The molecule has 3 heterocycles. The van der Waals surface area contributed by atoms with E-state index in [-0.39, 0.29) is 30.4 Å². The lowest BCUT2D eigenvalue weighted by atomic mass is 9.87. The summed E-state index contributed by atoms with van der Waals surface area (Å²) in [5.74, 6) is 0.963. The van der Waals surface area contributed by atoms with E-state index in [0.29, 0.717) is 49.4 Å². The fourth-order valence-electron chi connectivity index (χ4n) is 5.49. The Labute approximate surface area is 217 Å². The van der Waals surface area contributed by atoms with Crippen LogP contribution in [0.1, 0.15) is 54.4 Å². The summed E-state index contributed by atoms with van der Waals surface area (Å²) in [5, 5.41) is 3.05. The zero-order valence-corrected chi connectivity index (χ0v) is 21.2. The van der Waals surface area contributed by atoms with Crippen molar-refractivity contribution in [3.63, 3.8) is 0 Å². The molecule has 8 heteroatoms. The summed E-state index contributed by atoms with van der Waals surface area (Å²) >= 11 is 0. The molecule has 2 saturated heterocycles. The lowest BCUT2D eigenvalue weighted by molar-refractivity contribution is -0.137. The predicted molar refractivity (Wildman–Crippen MR) is 138 cm³/mol. The normalized spacial score (nSPS) is 18.4. The van der Waals surface area contributed by atoms with Crippen LogP contribution < -0.4 is 14.8 Å². The van der Waals surface area contributed by atoms with Crippen molar-refractivity contribution in [3.05, 3.63) is 59.7 Å². The second-order valence-electron chi connectivity index (χ2n) is 10.1. The number of piperidine rings is 2. The monoisotopic (exact) mass is 505 g/mol. The van der Waals surface area contributed by atoms with E-state index in [2.05, 4.69) is 5.32 Å². The number of ether oxygens (including phenoxy) is 2. The van der Waals surface area contributed by atoms with Crippen molar-refractivity contribution in [2.75, 3.05) is 33.0 Å². The van der Waals surface area contributed by atoms with E-state index in [9.17, 15) is 14.4 Å². The van der Waals surface area contributed by atoms with Gasteiger partial charge >= 0.3 is 0 Å². The Bertz CT molecular complexity index is 1110. The summed E-state index contributed by atoms with van der Waals surface area (Å²) in [6.07, 6.45) is 5.67. The Morgan fingerprint density at radius 2 is 1.59 bits per heavy atom. The fraction of sp³-hybridized carbons (Fsp3) is 0.483. The molecular formula is C29H35N3O5. The highest BCUT2D eigenvalue weighted by Gasteiger charge is 2.36. The first kappa shape index (κ1) is 25.1. The van der Waals surface area contributed by atoms with Crippen LogP contribution in [-0.2, 0) is 16.0 Å². The Morgan fingerprint density at radius 3 is 2.35 bits per heavy atom.